The second kappa shape index (κ2) is 8.05. The van der Waals surface area contributed by atoms with Crippen LogP contribution in [0.2, 0.25) is 0 Å². The lowest BCUT2D eigenvalue weighted by atomic mass is 10.0. The lowest BCUT2D eigenvalue weighted by Gasteiger charge is -2.24. The van der Waals surface area contributed by atoms with Crippen LogP contribution in [0, 0.1) is 0 Å². The second-order valence-electron chi connectivity index (χ2n) is 5.76. The lowest BCUT2D eigenvalue weighted by Crippen LogP contribution is -2.49. The van der Waals surface area contributed by atoms with E-state index in [0.717, 1.165) is 18.7 Å². The molecule has 1 aromatic rings. The van der Waals surface area contributed by atoms with Crippen molar-refractivity contribution in [3.8, 4) is 0 Å². The maximum absolute atomic E-state index is 12.1. The SMILES string of the molecule is CCCCCc1ccc(NC(=O)C(C)(C)NCC)cc1. The number of aryl methyl sites for hydroxylation is 1. The highest BCUT2D eigenvalue weighted by atomic mass is 16.2. The Morgan fingerprint density at radius 1 is 1.10 bits per heavy atom. The van der Waals surface area contributed by atoms with Crippen molar-refractivity contribution in [1.29, 1.82) is 0 Å². The summed E-state index contributed by atoms with van der Waals surface area (Å²) in [5.41, 5.74) is 1.65. The Morgan fingerprint density at radius 2 is 1.75 bits per heavy atom. The third kappa shape index (κ3) is 5.33. The van der Waals surface area contributed by atoms with Gasteiger partial charge in [0.05, 0.1) is 5.54 Å². The molecule has 20 heavy (non-hydrogen) atoms. The number of nitrogens with one attached hydrogen (secondary N) is 2. The van der Waals surface area contributed by atoms with Gasteiger partial charge in [-0.3, -0.25) is 4.79 Å². The molecule has 0 radical (unpaired) electrons. The van der Waals surface area contributed by atoms with E-state index in [1.54, 1.807) is 0 Å². The Kier molecular flexibility index (Phi) is 6.73. The zero-order valence-electron chi connectivity index (χ0n) is 13.3. The van der Waals surface area contributed by atoms with Crippen molar-refractivity contribution in [2.24, 2.45) is 0 Å². The van der Waals surface area contributed by atoms with Gasteiger partial charge in [-0.05, 0) is 50.9 Å². The van der Waals surface area contributed by atoms with Gasteiger partial charge in [0.1, 0.15) is 0 Å². The standard InChI is InChI=1S/C17H28N2O/c1-5-7-8-9-14-10-12-15(13-11-14)19-16(20)17(3,4)18-6-2/h10-13,18H,5-9H2,1-4H3,(H,19,20). The molecule has 0 aliphatic heterocycles. The minimum atomic E-state index is -0.547. The van der Waals surface area contributed by atoms with E-state index in [0.29, 0.717) is 0 Å². The van der Waals surface area contributed by atoms with Crippen molar-refractivity contribution in [3.05, 3.63) is 29.8 Å². The van der Waals surface area contributed by atoms with Crippen molar-refractivity contribution in [3.63, 3.8) is 0 Å². The number of hydrogen-bond donors (Lipinski definition) is 2. The Bertz CT molecular complexity index is 410. The molecule has 112 valence electrons. The van der Waals surface area contributed by atoms with Crippen LogP contribution in [0.4, 0.5) is 5.69 Å². The molecule has 0 saturated carbocycles. The first-order valence-electron chi connectivity index (χ1n) is 7.65. The second-order valence-corrected chi connectivity index (χ2v) is 5.76. The van der Waals surface area contributed by atoms with Crippen LogP contribution in [0.3, 0.4) is 0 Å². The molecule has 0 unspecified atom stereocenters. The molecular weight excluding hydrogens is 248 g/mol. The molecule has 3 heteroatoms. The lowest BCUT2D eigenvalue weighted by molar-refractivity contribution is -0.121. The Morgan fingerprint density at radius 3 is 2.30 bits per heavy atom. The molecule has 1 aromatic carbocycles. The molecule has 3 nitrogen and oxygen atoms in total. The summed E-state index contributed by atoms with van der Waals surface area (Å²) < 4.78 is 0. The number of amides is 1. The molecule has 2 N–H and O–H groups in total. The predicted molar refractivity (Wildman–Crippen MR) is 86.1 cm³/mol. The Labute approximate surface area is 123 Å². The van der Waals surface area contributed by atoms with Gasteiger partial charge in [0.15, 0.2) is 0 Å². The van der Waals surface area contributed by atoms with Crippen LogP contribution in [0.15, 0.2) is 24.3 Å². The van der Waals surface area contributed by atoms with Crippen LogP contribution in [-0.4, -0.2) is 18.0 Å². The number of carbonyl (C=O) groups is 1. The topological polar surface area (TPSA) is 41.1 Å². The van der Waals surface area contributed by atoms with Gasteiger partial charge in [0.25, 0.3) is 0 Å². The highest BCUT2D eigenvalue weighted by molar-refractivity contribution is 5.97. The fraction of sp³-hybridized carbons (Fsp3) is 0.588. The zero-order chi connectivity index (χ0) is 15.0. The van der Waals surface area contributed by atoms with E-state index in [-0.39, 0.29) is 5.91 Å². The monoisotopic (exact) mass is 276 g/mol. The number of anilines is 1. The summed E-state index contributed by atoms with van der Waals surface area (Å²) in [7, 11) is 0. The van der Waals surface area contributed by atoms with E-state index < -0.39 is 5.54 Å². The van der Waals surface area contributed by atoms with Gasteiger partial charge in [0.2, 0.25) is 5.91 Å². The van der Waals surface area contributed by atoms with E-state index in [4.69, 9.17) is 0 Å². The highest BCUT2D eigenvalue weighted by Gasteiger charge is 2.25. The van der Waals surface area contributed by atoms with Gasteiger partial charge in [-0.25, -0.2) is 0 Å². The summed E-state index contributed by atoms with van der Waals surface area (Å²) in [6.45, 7) is 8.78. The van der Waals surface area contributed by atoms with E-state index >= 15 is 0 Å². The smallest absolute Gasteiger partial charge is 0.244 e. The quantitative estimate of drug-likeness (QED) is 0.710. The Hall–Kier alpha value is -1.35. The maximum atomic E-state index is 12.1. The number of hydrogen-bond acceptors (Lipinski definition) is 2. The van der Waals surface area contributed by atoms with E-state index in [1.807, 2.05) is 32.9 Å². The predicted octanol–water partition coefficient (Wildman–Crippen LogP) is 3.75. The van der Waals surface area contributed by atoms with Gasteiger partial charge in [-0.2, -0.15) is 0 Å². The molecule has 0 spiro atoms. The van der Waals surface area contributed by atoms with Crippen LogP contribution in [0.5, 0.6) is 0 Å². The molecule has 0 saturated heterocycles. The summed E-state index contributed by atoms with van der Waals surface area (Å²) in [5, 5.41) is 6.14. The summed E-state index contributed by atoms with van der Waals surface area (Å²) in [5.74, 6) is -0.00178. The third-order valence-electron chi connectivity index (χ3n) is 3.47. The highest BCUT2D eigenvalue weighted by Crippen LogP contribution is 2.14. The summed E-state index contributed by atoms with van der Waals surface area (Å²) in [6.07, 6.45) is 4.86. The first-order chi connectivity index (χ1) is 9.49. The minimum absolute atomic E-state index is 0.00178. The van der Waals surface area contributed by atoms with E-state index in [1.165, 1.54) is 24.8 Å². The van der Waals surface area contributed by atoms with E-state index in [2.05, 4.69) is 29.7 Å². The van der Waals surface area contributed by atoms with Crippen molar-refractivity contribution in [2.45, 2.75) is 58.9 Å². The summed E-state index contributed by atoms with van der Waals surface area (Å²) in [6, 6.07) is 8.18. The normalized spacial score (nSPS) is 11.4. The van der Waals surface area contributed by atoms with Crippen LogP contribution < -0.4 is 10.6 Å². The van der Waals surface area contributed by atoms with Crippen LogP contribution >= 0.6 is 0 Å². The van der Waals surface area contributed by atoms with Gasteiger partial charge in [0, 0.05) is 5.69 Å². The number of likely N-dealkylation sites (N-methyl/N-ethyl adjacent to an activating group) is 1. The number of unbranched alkanes of at least 4 members (excludes halogenated alkanes) is 2. The molecule has 0 heterocycles. The van der Waals surface area contributed by atoms with Crippen molar-refractivity contribution < 1.29 is 4.79 Å². The molecule has 1 rings (SSSR count). The van der Waals surface area contributed by atoms with Crippen LogP contribution in [0.25, 0.3) is 0 Å². The number of rotatable bonds is 8. The molecular formula is C17H28N2O. The van der Waals surface area contributed by atoms with Gasteiger partial charge in [-0.15, -0.1) is 0 Å². The van der Waals surface area contributed by atoms with Gasteiger partial charge in [-0.1, -0.05) is 38.8 Å². The molecule has 0 aliphatic carbocycles. The Balaban J connectivity index is 2.54. The van der Waals surface area contributed by atoms with Crippen molar-refractivity contribution in [2.75, 3.05) is 11.9 Å². The molecule has 0 fully saturated rings. The fourth-order valence-corrected chi connectivity index (χ4v) is 2.14. The van der Waals surface area contributed by atoms with Crippen LogP contribution in [-0.2, 0) is 11.2 Å². The van der Waals surface area contributed by atoms with Crippen LogP contribution in [0.1, 0.15) is 52.5 Å². The van der Waals surface area contributed by atoms with Crippen molar-refractivity contribution in [1.82, 2.24) is 5.32 Å². The molecule has 0 bridgehead atoms. The van der Waals surface area contributed by atoms with Gasteiger partial charge < -0.3 is 10.6 Å². The van der Waals surface area contributed by atoms with E-state index in [9.17, 15) is 4.79 Å². The third-order valence-corrected chi connectivity index (χ3v) is 3.47. The molecule has 0 aliphatic rings. The summed E-state index contributed by atoms with van der Waals surface area (Å²) >= 11 is 0. The minimum Gasteiger partial charge on any atom is -0.325 e. The zero-order valence-corrected chi connectivity index (χ0v) is 13.3. The largest absolute Gasteiger partial charge is 0.325 e. The first-order valence-corrected chi connectivity index (χ1v) is 7.65. The molecule has 0 atom stereocenters. The first kappa shape index (κ1) is 16.7. The molecule has 1 amide bonds. The van der Waals surface area contributed by atoms with Gasteiger partial charge >= 0.3 is 0 Å². The fourth-order valence-electron chi connectivity index (χ4n) is 2.14. The molecule has 0 aromatic heterocycles. The maximum Gasteiger partial charge on any atom is 0.244 e. The number of carbonyl (C=O) groups excluding carboxylic acids is 1. The number of benzene rings is 1. The average molecular weight is 276 g/mol. The average Bonchev–Trinajstić information content (AvgIpc) is 2.41. The van der Waals surface area contributed by atoms with Crippen molar-refractivity contribution >= 4 is 11.6 Å². The summed E-state index contributed by atoms with van der Waals surface area (Å²) in [4.78, 5) is 12.1.